The van der Waals surface area contributed by atoms with Gasteiger partial charge < -0.3 is 4.74 Å². The van der Waals surface area contributed by atoms with E-state index in [0.29, 0.717) is 16.4 Å². The molecule has 3 rings (SSSR count). The van der Waals surface area contributed by atoms with Crippen molar-refractivity contribution in [3.8, 4) is 0 Å². The third-order valence-electron chi connectivity index (χ3n) is 3.31. The molecule has 2 N–H and O–H groups in total. The Morgan fingerprint density at radius 3 is 2.35 bits per heavy atom. The van der Waals surface area contributed by atoms with Crippen LogP contribution in [0.15, 0.2) is 48.5 Å². The first-order chi connectivity index (χ1) is 12.3. The molecule has 0 fully saturated rings. The standard InChI is InChI=1S/C19H19N3O3S/c1-19(2,3)25-18(24)20-13-10-8-12(9-11-13)16(23)22-17-21-14-6-4-5-7-15(14)26-17/h4-11H,1-3H3,(H,20,24)(H,21,22,23). The highest BCUT2D eigenvalue weighted by Crippen LogP contribution is 2.25. The smallest absolute Gasteiger partial charge is 0.412 e. The van der Waals surface area contributed by atoms with Gasteiger partial charge >= 0.3 is 6.09 Å². The number of carbonyl (C=O) groups excluding carboxylic acids is 2. The first-order valence-corrected chi connectivity index (χ1v) is 8.89. The van der Waals surface area contributed by atoms with E-state index in [1.807, 2.05) is 24.3 Å². The molecule has 2 amide bonds. The normalized spacial score (nSPS) is 11.2. The fraction of sp³-hybridized carbons (Fsp3) is 0.211. The maximum absolute atomic E-state index is 12.4. The lowest BCUT2D eigenvalue weighted by Gasteiger charge is -2.19. The number of nitrogens with zero attached hydrogens (tertiary/aromatic N) is 1. The first-order valence-electron chi connectivity index (χ1n) is 8.07. The van der Waals surface area contributed by atoms with Crippen molar-refractivity contribution in [2.75, 3.05) is 10.6 Å². The number of benzene rings is 2. The molecule has 0 spiro atoms. The predicted molar refractivity (Wildman–Crippen MR) is 104 cm³/mol. The van der Waals surface area contributed by atoms with Crippen LogP contribution in [0.2, 0.25) is 0 Å². The maximum atomic E-state index is 12.4. The average molecular weight is 369 g/mol. The minimum atomic E-state index is -0.568. The number of carbonyl (C=O) groups is 2. The van der Waals surface area contributed by atoms with Crippen LogP contribution in [0, 0.1) is 0 Å². The summed E-state index contributed by atoms with van der Waals surface area (Å²) in [5.41, 5.74) is 1.31. The van der Waals surface area contributed by atoms with Gasteiger partial charge in [0.15, 0.2) is 5.13 Å². The summed E-state index contributed by atoms with van der Waals surface area (Å²) in [6, 6.07) is 14.3. The largest absolute Gasteiger partial charge is 0.444 e. The van der Waals surface area contributed by atoms with Gasteiger partial charge in [0.2, 0.25) is 0 Å². The van der Waals surface area contributed by atoms with Crippen LogP contribution >= 0.6 is 11.3 Å². The van der Waals surface area contributed by atoms with Crippen LogP contribution in [0.5, 0.6) is 0 Å². The number of hydrogen-bond acceptors (Lipinski definition) is 5. The lowest BCUT2D eigenvalue weighted by molar-refractivity contribution is 0.0636. The number of hydrogen-bond donors (Lipinski definition) is 2. The highest BCUT2D eigenvalue weighted by molar-refractivity contribution is 7.22. The van der Waals surface area contributed by atoms with Gasteiger partial charge in [-0.05, 0) is 57.2 Å². The van der Waals surface area contributed by atoms with E-state index in [1.165, 1.54) is 11.3 Å². The molecule has 3 aromatic rings. The average Bonchev–Trinajstić information content (AvgIpc) is 2.95. The van der Waals surface area contributed by atoms with Gasteiger partial charge in [0.25, 0.3) is 5.91 Å². The molecule has 0 aliphatic carbocycles. The number of aromatic nitrogens is 1. The second-order valence-electron chi connectivity index (χ2n) is 6.65. The van der Waals surface area contributed by atoms with E-state index in [0.717, 1.165) is 10.2 Å². The van der Waals surface area contributed by atoms with E-state index in [4.69, 9.17) is 4.74 Å². The number of ether oxygens (including phenoxy) is 1. The summed E-state index contributed by atoms with van der Waals surface area (Å²) in [5.74, 6) is -0.257. The quantitative estimate of drug-likeness (QED) is 0.688. The molecule has 0 unspecified atom stereocenters. The monoisotopic (exact) mass is 369 g/mol. The van der Waals surface area contributed by atoms with E-state index in [-0.39, 0.29) is 5.91 Å². The molecule has 0 radical (unpaired) electrons. The predicted octanol–water partition coefficient (Wildman–Crippen LogP) is 4.90. The number of fused-ring (bicyclic) bond motifs is 1. The Kier molecular flexibility index (Phi) is 4.90. The van der Waals surface area contributed by atoms with E-state index in [2.05, 4.69) is 15.6 Å². The number of thiazole rings is 1. The minimum absolute atomic E-state index is 0.257. The van der Waals surface area contributed by atoms with Crippen molar-refractivity contribution in [1.29, 1.82) is 0 Å². The topological polar surface area (TPSA) is 80.3 Å². The van der Waals surface area contributed by atoms with Gasteiger partial charge in [-0.3, -0.25) is 15.4 Å². The van der Waals surface area contributed by atoms with E-state index < -0.39 is 11.7 Å². The van der Waals surface area contributed by atoms with Crippen LogP contribution in [-0.4, -0.2) is 22.6 Å². The number of rotatable bonds is 3. The van der Waals surface area contributed by atoms with Crippen molar-refractivity contribution < 1.29 is 14.3 Å². The molecule has 1 aromatic heterocycles. The van der Waals surface area contributed by atoms with Crippen molar-refractivity contribution in [3.05, 3.63) is 54.1 Å². The molecule has 0 saturated carbocycles. The van der Waals surface area contributed by atoms with Gasteiger partial charge in [0.05, 0.1) is 10.2 Å². The summed E-state index contributed by atoms with van der Waals surface area (Å²) < 4.78 is 6.20. The Hall–Kier alpha value is -2.93. The molecule has 0 bridgehead atoms. The van der Waals surface area contributed by atoms with Gasteiger partial charge in [-0.15, -0.1) is 0 Å². The summed E-state index contributed by atoms with van der Waals surface area (Å²) in [7, 11) is 0. The Morgan fingerprint density at radius 1 is 1.00 bits per heavy atom. The zero-order valence-corrected chi connectivity index (χ0v) is 15.5. The van der Waals surface area contributed by atoms with E-state index in [1.54, 1.807) is 45.0 Å². The van der Waals surface area contributed by atoms with E-state index >= 15 is 0 Å². The SMILES string of the molecule is CC(C)(C)OC(=O)Nc1ccc(C(=O)Nc2nc3ccccc3s2)cc1. The van der Waals surface area contributed by atoms with Crippen LogP contribution in [0.1, 0.15) is 31.1 Å². The molecule has 6 nitrogen and oxygen atoms in total. The zero-order valence-electron chi connectivity index (χ0n) is 14.7. The lowest BCUT2D eigenvalue weighted by Crippen LogP contribution is -2.27. The summed E-state index contributed by atoms with van der Waals surface area (Å²) >= 11 is 1.42. The van der Waals surface area contributed by atoms with Crippen molar-refractivity contribution in [2.24, 2.45) is 0 Å². The zero-order chi connectivity index (χ0) is 18.7. The molecule has 0 atom stereocenters. The second-order valence-corrected chi connectivity index (χ2v) is 7.68. The van der Waals surface area contributed by atoms with Gasteiger partial charge in [0, 0.05) is 11.3 Å². The molecule has 7 heteroatoms. The Balaban J connectivity index is 1.64. The molecule has 2 aromatic carbocycles. The van der Waals surface area contributed by atoms with Crippen molar-refractivity contribution in [2.45, 2.75) is 26.4 Å². The number of nitrogens with one attached hydrogen (secondary N) is 2. The number of amides is 2. The summed E-state index contributed by atoms with van der Waals surface area (Å²) in [6.07, 6.45) is -0.538. The maximum Gasteiger partial charge on any atom is 0.412 e. The summed E-state index contributed by atoms with van der Waals surface area (Å²) in [5, 5.41) is 5.97. The fourth-order valence-electron chi connectivity index (χ4n) is 2.22. The van der Waals surface area contributed by atoms with Crippen molar-refractivity contribution >= 4 is 44.4 Å². The number of para-hydroxylation sites is 1. The van der Waals surface area contributed by atoms with Crippen LogP contribution in [0.4, 0.5) is 15.6 Å². The van der Waals surface area contributed by atoms with Gasteiger partial charge in [-0.2, -0.15) is 0 Å². The second kappa shape index (κ2) is 7.13. The lowest BCUT2D eigenvalue weighted by atomic mass is 10.2. The molecular formula is C19H19N3O3S. The molecule has 134 valence electrons. The summed E-state index contributed by atoms with van der Waals surface area (Å²) in [4.78, 5) is 28.5. The molecule has 0 saturated heterocycles. The van der Waals surface area contributed by atoms with Crippen LogP contribution in [-0.2, 0) is 4.74 Å². The van der Waals surface area contributed by atoms with Gasteiger partial charge in [0.1, 0.15) is 5.60 Å². The number of anilines is 2. The fourth-order valence-corrected chi connectivity index (χ4v) is 3.08. The highest BCUT2D eigenvalue weighted by Gasteiger charge is 2.16. The van der Waals surface area contributed by atoms with Crippen molar-refractivity contribution in [3.63, 3.8) is 0 Å². The Bertz CT molecular complexity index is 910. The van der Waals surface area contributed by atoms with Crippen LogP contribution in [0.3, 0.4) is 0 Å². The highest BCUT2D eigenvalue weighted by atomic mass is 32.1. The molecule has 1 heterocycles. The minimum Gasteiger partial charge on any atom is -0.444 e. The Labute approximate surface area is 155 Å². The van der Waals surface area contributed by atoms with Crippen LogP contribution < -0.4 is 10.6 Å². The Morgan fingerprint density at radius 2 is 1.69 bits per heavy atom. The summed E-state index contributed by atoms with van der Waals surface area (Å²) in [6.45, 7) is 5.38. The molecular weight excluding hydrogens is 350 g/mol. The third kappa shape index (κ3) is 4.58. The molecule has 0 aliphatic rings. The third-order valence-corrected chi connectivity index (χ3v) is 4.26. The van der Waals surface area contributed by atoms with Crippen LogP contribution in [0.25, 0.3) is 10.2 Å². The first kappa shape index (κ1) is 17.9. The van der Waals surface area contributed by atoms with Gasteiger partial charge in [-0.1, -0.05) is 23.5 Å². The van der Waals surface area contributed by atoms with E-state index in [9.17, 15) is 9.59 Å². The molecule has 0 aliphatic heterocycles. The molecule has 26 heavy (non-hydrogen) atoms. The van der Waals surface area contributed by atoms with Gasteiger partial charge in [-0.25, -0.2) is 9.78 Å². The van der Waals surface area contributed by atoms with Crippen molar-refractivity contribution in [1.82, 2.24) is 4.98 Å².